The molecule has 3 rings (SSSR count). The number of pyridine rings is 1. The molecule has 9 heteroatoms. The predicted octanol–water partition coefficient (Wildman–Crippen LogP) is -1.48. The van der Waals surface area contributed by atoms with Gasteiger partial charge in [0.25, 0.3) is 11.9 Å². The molecule has 0 fully saturated rings. The molecule has 0 spiro atoms. The van der Waals surface area contributed by atoms with Gasteiger partial charge in [0.1, 0.15) is 5.69 Å². The van der Waals surface area contributed by atoms with Crippen LogP contribution in [-0.4, -0.2) is 31.5 Å². The Morgan fingerprint density at radius 2 is 2.00 bits per heavy atom. The van der Waals surface area contributed by atoms with E-state index in [1.807, 2.05) is 25.1 Å². The largest absolute Gasteiger partial charge is 1.00 e. The third kappa shape index (κ3) is 4.13. The third-order valence-corrected chi connectivity index (χ3v) is 2.98. The van der Waals surface area contributed by atoms with E-state index in [0.29, 0.717) is 11.4 Å². The number of benzene rings is 1. The number of hydrogen-bond acceptors (Lipinski definition) is 6. The van der Waals surface area contributed by atoms with E-state index in [1.54, 1.807) is 18.2 Å². The quantitative estimate of drug-likeness (QED) is 0.400. The first-order valence-corrected chi connectivity index (χ1v) is 6.51. The topological polar surface area (TPSA) is 122 Å². The first-order chi connectivity index (χ1) is 10.6. The number of nitrogens with zero attached hydrogens (tertiary/aromatic N) is 4. The predicted molar refractivity (Wildman–Crippen MR) is 82.1 cm³/mol. The number of aryl methyl sites for hydroxylation is 1. The summed E-state index contributed by atoms with van der Waals surface area (Å²) in [5.41, 5.74) is 9.12. The third-order valence-electron chi connectivity index (χ3n) is 2.98. The number of tetrazole rings is 1. The molecule has 2 heterocycles. The van der Waals surface area contributed by atoms with Crippen molar-refractivity contribution in [3.63, 3.8) is 0 Å². The van der Waals surface area contributed by atoms with Crippen LogP contribution in [0.2, 0.25) is 0 Å². The van der Waals surface area contributed by atoms with E-state index >= 15 is 0 Å². The van der Waals surface area contributed by atoms with E-state index in [1.165, 1.54) is 0 Å². The normalized spacial score (nSPS) is 9.96. The number of anilines is 2. The summed E-state index contributed by atoms with van der Waals surface area (Å²) in [6.07, 6.45) is 0. The second-order valence-corrected chi connectivity index (χ2v) is 4.73. The van der Waals surface area contributed by atoms with Crippen molar-refractivity contribution in [2.45, 2.75) is 6.92 Å². The Labute approximate surface area is 155 Å². The van der Waals surface area contributed by atoms with Crippen molar-refractivity contribution in [2.75, 3.05) is 11.1 Å². The van der Waals surface area contributed by atoms with Gasteiger partial charge in [0.05, 0.1) is 5.69 Å². The standard InChI is InChI=1S/C14H13N7O.Na.H/c1-8-6-11(9-2-4-10(15)5-3-9)16-12(7-8)13(22)17-14-18-20-21-19-14;;/h2-7H,15H2,1H3,(H2,17,18,19,20,21,22);;/q;+1;-1. The van der Waals surface area contributed by atoms with Crippen LogP contribution in [0, 0.1) is 6.92 Å². The molecule has 112 valence electrons. The van der Waals surface area contributed by atoms with Gasteiger partial charge >= 0.3 is 29.6 Å². The minimum absolute atomic E-state index is 0. The molecule has 0 aliphatic rings. The number of rotatable bonds is 3. The number of aromatic amines is 1. The van der Waals surface area contributed by atoms with Crippen molar-refractivity contribution in [2.24, 2.45) is 0 Å². The summed E-state index contributed by atoms with van der Waals surface area (Å²) < 4.78 is 0. The molecular formula is C14H14N7NaO. The average Bonchev–Trinajstić information content (AvgIpc) is 3.00. The molecule has 2 aromatic heterocycles. The van der Waals surface area contributed by atoms with Gasteiger partial charge in [-0.1, -0.05) is 17.2 Å². The first-order valence-electron chi connectivity index (χ1n) is 6.51. The zero-order valence-electron chi connectivity index (χ0n) is 13.7. The molecule has 0 bridgehead atoms. The van der Waals surface area contributed by atoms with Gasteiger partial charge in [-0.2, -0.15) is 5.21 Å². The first kappa shape index (κ1) is 17.1. The SMILES string of the molecule is Cc1cc(C(=O)Nc2nn[nH]n2)nc(-c2ccc(N)cc2)c1.[H-].[Na+]. The van der Waals surface area contributed by atoms with E-state index in [2.05, 4.69) is 30.9 Å². The van der Waals surface area contributed by atoms with E-state index in [0.717, 1.165) is 11.1 Å². The molecule has 0 unspecified atom stereocenters. The smallest absolute Gasteiger partial charge is 1.00 e. The Kier molecular flexibility index (Phi) is 5.43. The minimum atomic E-state index is -0.401. The van der Waals surface area contributed by atoms with Gasteiger partial charge in [-0.25, -0.2) is 4.98 Å². The summed E-state index contributed by atoms with van der Waals surface area (Å²) in [4.78, 5) is 16.6. The second-order valence-electron chi connectivity index (χ2n) is 4.73. The van der Waals surface area contributed by atoms with Crippen LogP contribution in [-0.2, 0) is 0 Å². The molecule has 1 aromatic carbocycles. The number of hydrogen-bond donors (Lipinski definition) is 3. The number of nitrogen functional groups attached to an aromatic ring is 1. The number of H-pyrrole nitrogens is 1. The van der Waals surface area contributed by atoms with Crippen LogP contribution in [0.15, 0.2) is 36.4 Å². The maximum absolute atomic E-state index is 12.2. The summed E-state index contributed by atoms with van der Waals surface area (Å²) in [6, 6.07) is 10.9. The summed E-state index contributed by atoms with van der Waals surface area (Å²) in [5, 5.41) is 15.5. The van der Waals surface area contributed by atoms with Crippen LogP contribution < -0.4 is 40.6 Å². The van der Waals surface area contributed by atoms with Gasteiger partial charge in [0, 0.05) is 11.3 Å². The fourth-order valence-electron chi connectivity index (χ4n) is 1.97. The molecule has 0 saturated carbocycles. The zero-order chi connectivity index (χ0) is 15.5. The molecule has 8 nitrogen and oxygen atoms in total. The van der Waals surface area contributed by atoms with Gasteiger partial charge < -0.3 is 7.16 Å². The number of aromatic nitrogens is 5. The van der Waals surface area contributed by atoms with Crippen LogP contribution in [0.3, 0.4) is 0 Å². The molecule has 0 aliphatic heterocycles. The fourth-order valence-corrected chi connectivity index (χ4v) is 1.97. The maximum atomic E-state index is 12.2. The number of nitrogens with one attached hydrogen (secondary N) is 2. The summed E-state index contributed by atoms with van der Waals surface area (Å²) in [6.45, 7) is 1.90. The van der Waals surface area contributed by atoms with Crippen molar-refractivity contribution in [1.82, 2.24) is 25.6 Å². The monoisotopic (exact) mass is 319 g/mol. The Hall–Kier alpha value is -2.29. The average molecular weight is 319 g/mol. The van der Waals surface area contributed by atoms with Crippen molar-refractivity contribution in [3.05, 3.63) is 47.7 Å². The van der Waals surface area contributed by atoms with Gasteiger partial charge in [-0.3, -0.25) is 10.1 Å². The molecule has 0 radical (unpaired) electrons. The number of nitrogens with two attached hydrogens (primary N) is 1. The number of carbonyl (C=O) groups excluding carboxylic acids is 1. The van der Waals surface area contributed by atoms with E-state index in [-0.39, 0.29) is 42.6 Å². The molecule has 1 amide bonds. The molecule has 3 aromatic rings. The van der Waals surface area contributed by atoms with Crippen LogP contribution in [0.4, 0.5) is 11.6 Å². The molecule has 0 atom stereocenters. The fraction of sp³-hybridized carbons (Fsp3) is 0.0714. The van der Waals surface area contributed by atoms with Gasteiger partial charge in [0.15, 0.2) is 0 Å². The maximum Gasteiger partial charge on any atom is 1.00 e. The van der Waals surface area contributed by atoms with E-state index < -0.39 is 5.91 Å². The molecule has 23 heavy (non-hydrogen) atoms. The number of carbonyl (C=O) groups is 1. The Morgan fingerprint density at radius 1 is 1.26 bits per heavy atom. The Balaban J connectivity index is 0.00000144. The number of amides is 1. The Morgan fingerprint density at radius 3 is 2.65 bits per heavy atom. The summed E-state index contributed by atoms with van der Waals surface area (Å²) in [5.74, 6) is -0.302. The molecular weight excluding hydrogens is 305 g/mol. The molecule has 0 aliphatic carbocycles. The van der Waals surface area contributed by atoms with Crippen molar-refractivity contribution in [1.29, 1.82) is 0 Å². The summed E-state index contributed by atoms with van der Waals surface area (Å²) >= 11 is 0. The zero-order valence-corrected chi connectivity index (χ0v) is 14.7. The molecule has 0 saturated heterocycles. The van der Waals surface area contributed by atoms with Crippen LogP contribution >= 0.6 is 0 Å². The van der Waals surface area contributed by atoms with Gasteiger partial charge in [-0.05, 0) is 42.0 Å². The van der Waals surface area contributed by atoms with Crippen molar-refractivity contribution < 1.29 is 35.8 Å². The van der Waals surface area contributed by atoms with Gasteiger partial charge in [0.2, 0.25) is 0 Å². The summed E-state index contributed by atoms with van der Waals surface area (Å²) in [7, 11) is 0. The van der Waals surface area contributed by atoms with Crippen molar-refractivity contribution >= 4 is 17.5 Å². The second kappa shape index (κ2) is 7.32. The Bertz CT molecular complexity index is 809. The van der Waals surface area contributed by atoms with Crippen LogP contribution in [0.5, 0.6) is 0 Å². The minimum Gasteiger partial charge on any atom is -1.00 e. The van der Waals surface area contributed by atoms with E-state index in [4.69, 9.17) is 5.73 Å². The van der Waals surface area contributed by atoms with E-state index in [9.17, 15) is 4.79 Å². The van der Waals surface area contributed by atoms with Gasteiger partial charge in [-0.15, -0.1) is 5.10 Å². The molecule has 4 N–H and O–H groups in total. The van der Waals surface area contributed by atoms with Crippen LogP contribution in [0.1, 0.15) is 17.5 Å². The van der Waals surface area contributed by atoms with Crippen molar-refractivity contribution in [3.8, 4) is 11.3 Å². The van der Waals surface area contributed by atoms with Crippen LogP contribution in [0.25, 0.3) is 11.3 Å².